The molecular formula is C10H21ClO4S. The molecule has 0 aromatic rings. The van der Waals surface area contributed by atoms with Crippen LogP contribution in [0.15, 0.2) is 0 Å². The fourth-order valence-electron chi connectivity index (χ4n) is 1.26. The van der Waals surface area contributed by atoms with Gasteiger partial charge in [0, 0.05) is 24.4 Å². The predicted molar refractivity (Wildman–Crippen MR) is 65.3 cm³/mol. The van der Waals surface area contributed by atoms with E-state index in [-0.39, 0.29) is 11.9 Å². The maximum atomic E-state index is 10.6. The standard InChI is InChI=1S/C10H21ClO4S/c1-4-9(2)10(14-3)8-15-6-5-7-16(11,12)13/h9-10H,4-8H2,1-3H3. The first kappa shape index (κ1) is 16.2. The van der Waals surface area contributed by atoms with Gasteiger partial charge in [-0.3, -0.25) is 0 Å². The highest BCUT2D eigenvalue weighted by atomic mass is 35.7. The van der Waals surface area contributed by atoms with Crippen molar-refractivity contribution >= 4 is 19.7 Å². The van der Waals surface area contributed by atoms with Crippen molar-refractivity contribution < 1.29 is 17.9 Å². The van der Waals surface area contributed by atoms with Crippen LogP contribution < -0.4 is 0 Å². The van der Waals surface area contributed by atoms with Gasteiger partial charge in [0.05, 0.1) is 18.5 Å². The summed E-state index contributed by atoms with van der Waals surface area (Å²) in [6.45, 7) is 5.08. The molecule has 0 radical (unpaired) electrons. The summed E-state index contributed by atoms with van der Waals surface area (Å²) in [6, 6.07) is 0. The third kappa shape index (κ3) is 8.33. The lowest BCUT2D eigenvalue weighted by atomic mass is 10.0. The van der Waals surface area contributed by atoms with Crippen LogP contribution in [0.25, 0.3) is 0 Å². The molecule has 16 heavy (non-hydrogen) atoms. The van der Waals surface area contributed by atoms with Crippen molar-refractivity contribution in [2.45, 2.75) is 32.8 Å². The van der Waals surface area contributed by atoms with Gasteiger partial charge in [0.25, 0.3) is 0 Å². The van der Waals surface area contributed by atoms with Gasteiger partial charge < -0.3 is 9.47 Å². The van der Waals surface area contributed by atoms with Gasteiger partial charge in [0.15, 0.2) is 0 Å². The zero-order valence-electron chi connectivity index (χ0n) is 10.1. The highest BCUT2D eigenvalue weighted by Crippen LogP contribution is 2.11. The molecule has 2 atom stereocenters. The summed E-state index contributed by atoms with van der Waals surface area (Å²) in [6.07, 6.45) is 1.51. The summed E-state index contributed by atoms with van der Waals surface area (Å²) in [4.78, 5) is 0. The van der Waals surface area contributed by atoms with Crippen molar-refractivity contribution in [3.8, 4) is 0 Å². The van der Waals surface area contributed by atoms with Crippen LogP contribution in [0.2, 0.25) is 0 Å². The van der Waals surface area contributed by atoms with Crippen LogP contribution in [0, 0.1) is 5.92 Å². The Morgan fingerprint density at radius 3 is 2.44 bits per heavy atom. The maximum absolute atomic E-state index is 10.6. The molecule has 0 aliphatic rings. The molecule has 0 aliphatic heterocycles. The van der Waals surface area contributed by atoms with E-state index < -0.39 is 9.05 Å². The van der Waals surface area contributed by atoms with Crippen molar-refractivity contribution in [1.82, 2.24) is 0 Å². The minimum absolute atomic E-state index is 0.0461. The van der Waals surface area contributed by atoms with E-state index in [1.807, 2.05) is 0 Å². The summed E-state index contributed by atoms with van der Waals surface area (Å²) in [5.74, 6) is 0.386. The normalized spacial score (nSPS) is 16.0. The van der Waals surface area contributed by atoms with Gasteiger partial charge in [0.1, 0.15) is 0 Å². The van der Waals surface area contributed by atoms with E-state index in [9.17, 15) is 8.42 Å². The molecule has 0 spiro atoms. The molecule has 0 bridgehead atoms. The first-order valence-corrected chi connectivity index (χ1v) is 7.91. The topological polar surface area (TPSA) is 52.6 Å². The number of ether oxygens (including phenoxy) is 2. The van der Waals surface area contributed by atoms with Crippen molar-refractivity contribution in [3.05, 3.63) is 0 Å². The lowest BCUT2D eigenvalue weighted by molar-refractivity contribution is -0.0195. The quantitative estimate of drug-likeness (QED) is 0.476. The van der Waals surface area contributed by atoms with Crippen LogP contribution in [-0.4, -0.2) is 40.6 Å². The van der Waals surface area contributed by atoms with E-state index in [1.165, 1.54) is 0 Å². The van der Waals surface area contributed by atoms with Gasteiger partial charge in [-0.2, -0.15) is 0 Å². The number of halogens is 1. The number of hydrogen-bond acceptors (Lipinski definition) is 4. The molecule has 98 valence electrons. The highest BCUT2D eigenvalue weighted by molar-refractivity contribution is 8.13. The van der Waals surface area contributed by atoms with E-state index in [4.69, 9.17) is 20.2 Å². The molecule has 0 saturated carbocycles. The van der Waals surface area contributed by atoms with Crippen molar-refractivity contribution in [1.29, 1.82) is 0 Å². The van der Waals surface area contributed by atoms with E-state index >= 15 is 0 Å². The molecule has 2 unspecified atom stereocenters. The Labute approximate surface area is 103 Å². The lowest BCUT2D eigenvalue weighted by Crippen LogP contribution is -2.26. The van der Waals surface area contributed by atoms with Crippen LogP contribution in [0.4, 0.5) is 0 Å². The molecule has 0 aliphatic carbocycles. The summed E-state index contributed by atoms with van der Waals surface area (Å²) < 4.78 is 31.9. The summed E-state index contributed by atoms with van der Waals surface area (Å²) in [5, 5.41) is 0. The largest absolute Gasteiger partial charge is 0.379 e. The first-order chi connectivity index (χ1) is 7.40. The Balaban J connectivity index is 3.64. The van der Waals surface area contributed by atoms with E-state index in [2.05, 4.69) is 13.8 Å². The predicted octanol–water partition coefficient (Wildman–Crippen LogP) is 2.02. The molecular weight excluding hydrogens is 252 g/mol. The Kier molecular flexibility index (Phi) is 8.36. The van der Waals surface area contributed by atoms with Gasteiger partial charge in [-0.05, 0) is 12.3 Å². The van der Waals surface area contributed by atoms with Crippen molar-refractivity contribution in [2.24, 2.45) is 5.92 Å². The zero-order valence-corrected chi connectivity index (χ0v) is 11.7. The van der Waals surface area contributed by atoms with Crippen LogP contribution in [-0.2, 0) is 18.5 Å². The minimum atomic E-state index is -3.39. The van der Waals surface area contributed by atoms with Crippen molar-refractivity contribution in [2.75, 3.05) is 26.1 Å². The minimum Gasteiger partial charge on any atom is -0.379 e. The molecule has 0 heterocycles. The zero-order chi connectivity index (χ0) is 12.6. The van der Waals surface area contributed by atoms with Crippen LogP contribution in [0.5, 0.6) is 0 Å². The summed E-state index contributed by atoms with van der Waals surface area (Å²) in [5.41, 5.74) is 0. The molecule has 0 amide bonds. The van der Waals surface area contributed by atoms with E-state index in [1.54, 1.807) is 7.11 Å². The fourth-order valence-corrected chi connectivity index (χ4v) is 2.05. The van der Waals surface area contributed by atoms with Crippen molar-refractivity contribution in [3.63, 3.8) is 0 Å². The molecule has 0 fully saturated rings. The molecule has 0 aromatic heterocycles. The van der Waals surface area contributed by atoms with Gasteiger partial charge in [-0.1, -0.05) is 20.3 Å². The molecule has 0 N–H and O–H groups in total. The molecule has 4 nitrogen and oxygen atoms in total. The third-order valence-corrected chi connectivity index (χ3v) is 3.78. The maximum Gasteiger partial charge on any atom is 0.232 e. The smallest absolute Gasteiger partial charge is 0.232 e. The van der Waals surface area contributed by atoms with Crippen LogP contribution >= 0.6 is 10.7 Å². The van der Waals surface area contributed by atoms with Gasteiger partial charge >= 0.3 is 0 Å². The SMILES string of the molecule is CCC(C)C(COCCCS(=O)(=O)Cl)OC. The Bertz CT molecular complexity index is 266. The molecule has 0 saturated heterocycles. The number of methoxy groups -OCH3 is 1. The average molecular weight is 273 g/mol. The fraction of sp³-hybridized carbons (Fsp3) is 1.00. The summed E-state index contributed by atoms with van der Waals surface area (Å²) in [7, 11) is 3.33. The van der Waals surface area contributed by atoms with Crippen LogP contribution in [0.3, 0.4) is 0 Å². The monoisotopic (exact) mass is 272 g/mol. The number of hydrogen-bond donors (Lipinski definition) is 0. The van der Waals surface area contributed by atoms with Gasteiger partial charge in [0.2, 0.25) is 9.05 Å². The van der Waals surface area contributed by atoms with Gasteiger partial charge in [-0.15, -0.1) is 0 Å². The van der Waals surface area contributed by atoms with Gasteiger partial charge in [-0.25, -0.2) is 8.42 Å². The molecule has 6 heteroatoms. The Hall–Kier alpha value is 0.160. The lowest BCUT2D eigenvalue weighted by Gasteiger charge is -2.21. The van der Waals surface area contributed by atoms with E-state index in [0.29, 0.717) is 25.6 Å². The second-order valence-corrected chi connectivity index (χ2v) is 6.73. The van der Waals surface area contributed by atoms with Crippen LogP contribution in [0.1, 0.15) is 26.7 Å². The Morgan fingerprint density at radius 1 is 1.38 bits per heavy atom. The second kappa shape index (κ2) is 8.28. The summed E-state index contributed by atoms with van der Waals surface area (Å²) >= 11 is 0. The molecule has 0 aromatic carbocycles. The molecule has 0 rings (SSSR count). The number of rotatable bonds is 9. The highest BCUT2D eigenvalue weighted by Gasteiger charge is 2.15. The first-order valence-electron chi connectivity index (χ1n) is 5.43. The Morgan fingerprint density at radius 2 is 2.00 bits per heavy atom. The average Bonchev–Trinajstić information content (AvgIpc) is 2.21. The third-order valence-electron chi connectivity index (χ3n) is 2.54. The second-order valence-electron chi connectivity index (χ2n) is 3.83. The van der Waals surface area contributed by atoms with E-state index in [0.717, 1.165) is 6.42 Å².